The highest BCUT2D eigenvalue weighted by Crippen LogP contribution is 2.14. The molecule has 2 N–H and O–H groups in total. The van der Waals surface area contributed by atoms with Crippen molar-refractivity contribution in [3.8, 4) is 0 Å². The van der Waals surface area contributed by atoms with Gasteiger partial charge in [-0.05, 0) is 18.6 Å². The number of carboxylic acids is 1. The molecule has 0 amide bonds. The normalized spacial score (nSPS) is 13.2. The van der Waals surface area contributed by atoms with E-state index in [1.807, 2.05) is 0 Å². The molecule has 1 heterocycles. The van der Waals surface area contributed by atoms with Crippen molar-refractivity contribution in [1.82, 2.24) is 9.29 Å². The average Bonchev–Trinajstić information content (AvgIpc) is 2.39. The van der Waals surface area contributed by atoms with E-state index >= 15 is 0 Å². The zero-order valence-electron chi connectivity index (χ0n) is 11.7. The molecular formula is C12H19N3O4S. The van der Waals surface area contributed by atoms with Crippen LogP contribution in [-0.4, -0.2) is 49.4 Å². The molecule has 0 saturated heterocycles. The third-order valence-corrected chi connectivity index (χ3v) is 4.69. The molecule has 0 aromatic carbocycles. The van der Waals surface area contributed by atoms with Gasteiger partial charge in [0.15, 0.2) is 0 Å². The summed E-state index contributed by atoms with van der Waals surface area (Å²) in [6.07, 6.45) is 1.76. The molecular weight excluding hydrogens is 282 g/mol. The summed E-state index contributed by atoms with van der Waals surface area (Å²) in [6, 6.07) is 2.96. The zero-order chi connectivity index (χ0) is 15.3. The number of anilines is 1. The summed E-state index contributed by atoms with van der Waals surface area (Å²) in [5.41, 5.74) is 0. The maximum absolute atomic E-state index is 11.8. The lowest BCUT2D eigenvalue weighted by molar-refractivity contribution is -0.141. The number of carboxylic acid groups (broad SMARTS) is 1. The minimum absolute atomic E-state index is 0.0957. The second-order valence-corrected chi connectivity index (χ2v) is 6.64. The lowest BCUT2D eigenvalue weighted by Crippen LogP contribution is -2.23. The summed E-state index contributed by atoms with van der Waals surface area (Å²) < 4.78 is 24.8. The van der Waals surface area contributed by atoms with Gasteiger partial charge in [-0.2, -0.15) is 0 Å². The smallest absolute Gasteiger partial charge is 0.308 e. The molecule has 1 atom stereocenters. The predicted octanol–water partition coefficient (Wildman–Crippen LogP) is 0.855. The third kappa shape index (κ3) is 3.91. The fourth-order valence-electron chi connectivity index (χ4n) is 1.48. The van der Waals surface area contributed by atoms with Crippen LogP contribution in [0.1, 0.15) is 13.3 Å². The number of nitrogens with zero attached hydrogens (tertiary/aromatic N) is 2. The Morgan fingerprint density at radius 1 is 1.45 bits per heavy atom. The Kier molecular flexibility index (Phi) is 5.46. The number of aliphatic carboxylic acids is 1. The number of carbonyl (C=O) groups is 1. The summed E-state index contributed by atoms with van der Waals surface area (Å²) in [7, 11) is -0.605. The Balaban J connectivity index is 2.76. The molecule has 7 nitrogen and oxygen atoms in total. The highest BCUT2D eigenvalue weighted by atomic mass is 32.2. The topological polar surface area (TPSA) is 99.6 Å². The van der Waals surface area contributed by atoms with Gasteiger partial charge in [0.25, 0.3) is 0 Å². The first kappa shape index (κ1) is 16.4. The molecule has 8 heteroatoms. The molecule has 1 aromatic rings. The maximum atomic E-state index is 11.8. The second-order valence-electron chi connectivity index (χ2n) is 4.49. The van der Waals surface area contributed by atoms with E-state index in [1.54, 1.807) is 6.92 Å². The maximum Gasteiger partial charge on any atom is 0.308 e. The van der Waals surface area contributed by atoms with Crippen molar-refractivity contribution in [3.05, 3.63) is 18.3 Å². The molecule has 0 saturated carbocycles. The van der Waals surface area contributed by atoms with Gasteiger partial charge in [-0.3, -0.25) is 4.79 Å². The Morgan fingerprint density at radius 3 is 2.50 bits per heavy atom. The van der Waals surface area contributed by atoms with Crippen LogP contribution in [0.4, 0.5) is 5.82 Å². The van der Waals surface area contributed by atoms with Gasteiger partial charge in [-0.15, -0.1) is 0 Å². The highest BCUT2D eigenvalue weighted by molar-refractivity contribution is 7.89. The summed E-state index contributed by atoms with van der Waals surface area (Å²) in [5.74, 6) is -0.920. The van der Waals surface area contributed by atoms with Gasteiger partial charge in [0.05, 0.1) is 5.92 Å². The van der Waals surface area contributed by atoms with Crippen molar-refractivity contribution >= 4 is 21.8 Å². The Hall–Kier alpha value is -1.67. The first-order valence-corrected chi connectivity index (χ1v) is 7.58. The number of aromatic nitrogens is 1. The number of hydrogen-bond acceptors (Lipinski definition) is 5. The van der Waals surface area contributed by atoms with Gasteiger partial charge in [0, 0.05) is 26.8 Å². The van der Waals surface area contributed by atoms with Gasteiger partial charge in [0.1, 0.15) is 10.7 Å². The number of sulfonamides is 1. The van der Waals surface area contributed by atoms with E-state index in [1.165, 1.54) is 32.4 Å². The van der Waals surface area contributed by atoms with Gasteiger partial charge >= 0.3 is 5.97 Å². The van der Waals surface area contributed by atoms with E-state index in [9.17, 15) is 13.2 Å². The number of hydrogen-bond donors (Lipinski definition) is 2. The lowest BCUT2D eigenvalue weighted by Gasteiger charge is -2.13. The van der Waals surface area contributed by atoms with Crippen LogP contribution >= 0.6 is 0 Å². The van der Waals surface area contributed by atoms with Gasteiger partial charge in [-0.25, -0.2) is 17.7 Å². The first-order valence-electron chi connectivity index (χ1n) is 6.14. The van der Waals surface area contributed by atoms with Crippen LogP contribution in [0.2, 0.25) is 0 Å². The van der Waals surface area contributed by atoms with Crippen molar-refractivity contribution in [1.29, 1.82) is 0 Å². The predicted molar refractivity (Wildman–Crippen MR) is 75.0 cm³/mol. The molecule has 0 bridgehead atoms. The van der Waals surface area contributed by atoms with Crippen molar-refractivity contribution < 1.29 is 18.3 Å². The molecule has 20 heavy (non-hydrogen) atoms. The van der Waals surface area contributed by atoms with Crippen molar-refractivity contribution in [3.63, 3.8) is 0 Å². The molecule has 0 spiro atoms. The minimum Gasteiger partial charge on any atom is -0.481 e. The largest absolute Gasteiger partial charge is 0.481 e. The SMILES string of the molecule is CCC(CNc1ccc(S(=O)(=O)N(C)C)cn1)C(=O)O. The molecule has 0 aliphatic rings. The van der Waals surface area contributed by atoms with E-state index in [4.69, 9.17) is 5.11 Å². The molecule has 0 aliphatic heterocycles. The Morgan fingerprint density at radius 2 is 2.10 bits per heavy atom. The zero-order valence-corrected chi connectivity index (χ0v) is 12.5. The van der Waals surface area contributed by atoms with Crippen molar-refractivity contribution in [2.45, 2.75) is 18.2 Å². The van der Waals surface area contributed by atoms with Crippen LogP contribution in [0.15, 0.2) is 23.2 Å². The van der Waals surface area contributed by atoms with E-state index in [0.717, 1.165) is 4.31 Å². The molecule has 1 aromatic heterocycles. The number of nitrogens with one attached hydrogen (secondary N) is 1. The van der Waals surface area contributed by atoms with Crippen LogP contribution in [0.3, 0.4) is 0 Å². The summed E-state index contributed by atoms with van der Waals surface area (Å²) in [5, 5.41) is 11.8. The molecule has 0 radical (unpaired) electrons. The summed E-state index contributed by atoms with van der Waals surface area (Å²) >= 11 is 0. The second kappa shape index (κ2) is 6.67. The van der Waals surface area contributed by atoms with Crippen LogP contribution < -0.4 is 5.32 Å². The van der Waals surface area contributed by atoms with E-state index in [2.05, 4.69) is 10.3 Å². The highest BCUT2D eigenvalue weighted by Gasteiger charge is 2.18. The van der Waals surface area contributed by atoms with Gasteiger partial charge in [0.2, 0.25) is 10.0 Å². The fourth-order valence-corrected chi connectivity index (χ4v) is 2.33. The van der Waals surface area contributed by atoms with Crippen LogP contribution in [-0.2, 0) is 14.8 Å². The molecule has 1 rings (SSSR count). The Labute approximate surface area is 118 Å². The minimum atomic E-state index is -3.49. The number of pyridine rings is 1. The van der Waals surface area contributed by atoms with Crippen LogP contribution in [0.25, 0.3) is 0 Å². The first-order chi connectivity index (χ1) is 9.28. The Bertz CT molecular complexity index is 555. The molecule has 0 aliphatic carbocycles. The molecule has 112 valence electrons. The quantitative estimate of drug-likeness (QED) is 0.774. The summed E-state index contributed by atoms with van der Waals surface area (Å²) in [6.45, 7) is 2.04. The van der Waals surface area contributed by atoms with Crippen molar-refractivity contribution in [2.75, 3.05) is 26.0 Å². The molecule has 1 unspecified atom stereocenters. The van der Waals surface area contributed by atoms with Gasteiger partial charge < -0.3 is 10.4 Å². The fraction of sp³-hybridized carbons (Fsp3) is 0.500. The van der Waals surface area contributed by atoms with E-state index < -0.39 is 21.9 Å². The molecule has 0 fully saturated rings. The van der Waals surface area contributed by atoms with Gasteiger partial charge in [-0.1, -0.05) is 6.92 Å². The third-order valence-electron chi connectivity index (χ3n) is 2.89. The summed E-state index contributed by atoms with van der Waals surface area (Å²) in [4.78, 5) is 14.9. The monoisotopic (exact) mass is 301 g/mol. The number of rotatable bonds is 7. The van der Waals surface area contributed by atoms with E-state index in [-0.39, 0.29) is 11.4 Å². The van der Waals surface area contributed by atoms with Crippen LogP contribution in [0, 0.1) is 5.92 Å². The lowest BCUT2D eigenvalue weighted by atomic mass is 10.1. The standard InChI is InChI=1S/C12H19N3O4S/c1-4-9(12(16)17)7-13-11-6-5-10(8-14-11)20(18,19)15(2)3/h5-6,8-9H,4,7H2,1-3H3,(H,13,14)(H,16,17). The van der Waals surface area contributed by atoms with E-state index in [0.29, 0.717) is 12.2 Å². The van der Waals surface area contributed by atoms with Crippen molar-refractivity contribution in [2.24, 2.45) is 5.92 Å². The van der Waals surface area contributed by atoms with Crippen LogP contribution in [0.5, 0.6) is 0 Å². The average molecular weight is 301 g/mol.